The molecule has 0 saturated carbocycles. The highest BCUT2D eigenvalue weighted by atomic mass is 16.3. The zero-order valence-electron chi connectivity index (χ0n) is 37.6. The number of likely N-dealkylation sites (N-methyl/N-ethyl adjacent to an activating group) is 3. The molecule has 0 heterocycles. The van der Waals surface area contributed by atoms with Crippen molar-refractivity contribution in [2.24, 2.45) is 0 Å². The van der Waals surface area contributed by atoms with Crippen LogP contribution in [0.15, 0.2) is 0 Å². The van der Waals surface area contributed by atoms with E-state index >= 15 is 0 Å². The quantitative estimate of drug-likeness (QED) is 0.0484. The van der Waals surface area contributed by atoms with Crippen LogP contribution in [0.2, 0.25) is 0 Å². The van der Waals surface area contributed by atoms with Gasteiger partial charge in [-0.05, 0) is 38.5 Å². The summed E-state index contributed by atoms with van der Waals surface area (Å²) in [6, 6.07) is 0. The highest BCUT2D eigenvalue weighted by Gasteiger charge is 2.33. The summed E-state index contributed by atoms with van der Waals surface area (Å²) in [6.45, 7) is 13.3. The molecule has 52 heavy (non-hydrogen) atoms. The van der Waals surface area contributed by atoms with Crippen molar-refractivity contribution in [3.8, 4) is 0 Å². The molecule has 0 aromatic rings. The van der Waals surface area contributed by atoms with Crippen LogP contribution in [0.1, 0.15) is 213 Å². The maximum atomic E-state index is 11.5. The molecule has 0 aliphatic rings. The van der Waals surface area contributed by atoms with Crippen molar-refractivity contribution in [1.82, 2.24) is 0 Å². The van der Waals surface area contributed by atoms with Gasteiger partial charge in [-0.25, -0.2) is 0 Å². The van der Waals surface area contributed by atoms with Crippen LogP contribution >= 0.6 is 0 Å². The van der Waals surface area contributed by atoms with Crippen LogP contribution in [0.4, 0.5) is 0 Å². The van der Waals surface area contributed by atoms with Crippen LogP contribution in [0.3, 0.4) is 0 Å². The van der Waals surface area contributed by atoms with Gasteiger partial charge in [0.25, 0.3) is 0 Å². The molecule has 0 amide bonds. The largest absolute Gasteiger partial charge is 0.382 e. The Morgan fingerprint density at radius 1 is 0.288 bits per heavy atom. The van der Waals surface area contributed by atoms with E-state index in [0.29, 0.717) is 0 Å². The Labute approximate surface area is 329 Å². The first kappa shape index (κ1) is 51.8. The fourth-order valence-corrected chi connectivity index (χ4v) is 8.75. The average Bonchev–Trinajstić information content (AvgIpc) is 3.06. The molecule has 2 unspecified atom stereocenters. The van der Waals surface area contributed by atoms with Gasteiger partial charge in [0.1, 0.15) is 26.2 Å². The summed E-state index contributed by atoms with van der Waals surface area (Å²) < 4.78 is 2.57. The first-order chi connectivity index (χ1) is 24.9. The molecule has 0 spiro atoms. The van der Waals surface area contributed by atoms with Gasteiger partial charge in [0.15, 0.2) is 12.2 Å². The summed E-state index contributed by atoms with van der Waals surface area (Å²) in [6.07, 6.45) is 40.1. The van der Waals surface area contributed by atoms with E-state index in [1.165, 1.54) is 193 Å². The summed E-state index contributed by atoms with van der Waals surface area (Å²) in [5.41, 5.74) is 0. The van der Waals surface area contributed by atoms with E-state index in [1.54, 1.807) is 0 Å². The van der Waals surface area contributed by atoms with Crippen LogP contribution in [0, 0.1) is 0 Å². The highest BCUT2D eigenvalue weighted by Crippen LogP contribution is 2.18. The van der Waals surface area contributed by atoms with E-state index in [0.717, 1.165) is 59.3 Å². The molecule has 0 radical (unpaired) electrons. The summed E-state index contributed by atoms with van der Waals surface area (Å²) >= 11 is 0. The molecule has 0 aromatic heterocycles. The molecule has 0 bridgehead atoms. The highest BCUT2D eigenvalue weighted by molar-refractivity contribution is 4.61. The maximum absolute atomic E-state index is 11.5. The first-order valence-corrected chi connectivity index (χ1v) is 23.7. The Morgan fingerprint density at radius 3 is 0.750 bits per heavy atom. The minimum Gasteiger partial charge on any atom is -0.382 e. The number of hydrogen-bond donors (Lipinski definition) is 2. The summed E-state index contributed by atoms with van der Waals surface area (Å²) in [4.78, 5) is 0. The predicted octanol–water partition coefficient (Wildman–Crippen LogP) is 12.1. The third-order valence-corrected chi connectivity index (χ3v) is 12.0. The molecule has 5 heteroatoms. The zero-order chi connectivity index (χ0) is 38.8. The Morgan fingerprint density at radius 2 is 0.500 bits per heavy atom. The minimum atomic E-state index is -0.340. The van der Waals surface area contributed by atoms with Crippen molar-refractivity contribution in [2.75, 3.05) is 81.1 Å². The van der Waals surface area contributed by atoms with Crippen molar-refractivity contribution in [3.05, 3.63) is 0 Å². The van der Waals surface area contributed by atoms with Crippen LogP contribution < -0.4 is 0 Å². The fraction of sp³-hybridized carbons (Fsp3) is 1.00. The van der Waals surface area contributed by atoms with E-state index in [4.69, 9.17) is 0 Å². The van der Waals surface area contributed by atoms with Crippen molar-refractivity contribution < 1.29 is 23.7 Å². The summed E-state index contributed by atoms with van der Waals surface area (Å²) in [5.74, 6) is 0. The van der Waals surface area contributed by atoms with Gasteiger partial charge in [-0.15, -0.1) is 0 Å². The van der Waals surface area contributed by atoms with Gasteiger partial charge < -0.3 is 23.7 Å². The average molecular weight is 741 g/mol. The smallest absolute Gasteiger partial charge is 0.152 e. The second-order valence-corrected chi connectivity index (χ2v) is 19.2. The molecule has 0 aliphatic heterocycles. The SMILES string of the molecule is CCCCCCCCCCCC[N+](C)(C)CC(O)C[N+](C)(CCCCCCCCCCCC)CC(O)C[N+](C)(C)CCCCCCCCCCCC. The minimum absolute atomic E-state index is 0.340. The van der Waals surface area contributed by atoms with Crippen molar-refractivity contribution in [3.63, 3.8) is 0 Å². The molecule has 2 N–H and O–H groups in total. The Bertz CT molecular complexity index is 696. The van der Waals surface area contributed by atoms with Crippen LogP contribution in [0.5, 0.6) is 0 Å². The lowest BCUT2D eigenvalue weighted by atomic mass is 10.1. The lowest BCUT2D eigenvalue weighted by Crippen LogP contribution is -2.59. The van der Waals surface area contributed by atoms with E-state index in [-0.39, 0.29) is 12.2 Å². The molecule has 0 rings (SSSR count). The molecular weight excluding hydrogens is 639 g/mol. The van der Waals surface area contributed by atoms with Crippen molar-refractivity contribution >= 4 is 0 Å². The van der Waals surface area contributed by atoms with Crippen molar-refractivity contribution in [2.45, 2.75) is 226 Å². The molecule has 0 aliphatic carbocycles. The number of aliphatic hydroxyl groups is 2. The normalized spacial score (nSPS) is 14.9. The molecule has 5 nitrogen and oxygen atoms in total. The van der Waals surface area contributed by atoms with Crippen LogP contribution in [-0.2, 0) is 0 Å². The van der Waals surface area contributed by atoms with E-state index in [1.807, 2.05) is 0 Å². The monoisotopic (exact) mass is 741 g/mol. The summed E-state index contributed by atoms with van der Waals surface area (Å²) in [5, 5.41) is 23.1. The maximum Gasteiger partial charge on any atom is 0.152 e. The van der Waals surface area contributed by atoms with E-state index < -0.39 is 0 Å². The second-order valence-electron chi connectivity index (χ2n) is 19.2. The molecule has 0 aromatic carbocycles. The van der Waals surface area contributed by atoms with Gasteiger partial charge in [0, 0.05) is 0 Å². The zero-order valence-corrected chi connectivity index (χ0v) is 37.6. The number of aliphatic hydroxyl groups excluding tert-OH is 2. The topological polar surface area (TPSA) is 40.5 Å². The van der Waals surface area contributed by atoms with Gasteiger partial charge >= 0.3 is 0 Å². The third kappa shape index (κ3) is 34.3. The van der Waals surface area contributed by atoms with Crippen LogP contribution in [-0.4, -0.2) is 117 Å². The van der Waals surface area contributed by atoms with Crippen LogP contribution in [0.25, 0.3) is 0 Å². The Balaban J connectivity index is 4.83. The first-order valence-electron chi connectivity index (χ1n) is 23.7. The van der Waals surface area contributed by atoms with Gasteiger partial charge in [-0.2, -0.15) is 0 Å². The lowest BCUT2D eigenvalue weighted by Gasteiger charge is -2.41. The van der Waals surface area contributed by atoms with Crippen molar-refractivity contribution in [1.29, 1.82) is 0 Å². The van der Waals surface area contributed by atoms with E-state index in [2.05, 4.69) is 56.0 Å². The van der Waals surface area contributed by atoms with Gasteiger partial charge in [-0.1, -0.05) is 175 Å². The molecular formula is C47H102N3O2+3. The predicted molar refractivity (Wildman–Crippen MR) is 232 cm³/mol. The second kappa shape index (κ2) is 34.1. The van der Waals surface area contributed by atoms with Gasteiger partial charge in [0.05, 0.1) is 54.9 Å². The van der Waals surface area contributed by atoms with Gasteiger partial charge in [-0.3, -0.25) is 0 Å². The molecule has 2 atom stereocenters. The molecule has 0 fully saturated rings. The molecule has 314 valence electrons. The number of rotatable bonds is 41. The van der Waals surface area contributed by atoms with Gasteiger partial charge in [0.2, 0.25) is 0 Å². The lowest BCUT2D eigenvalue weighted by molar-refractivity contribution is -0.935. The number of nitrogens with zero attached hydrogens (tertiary/aromatic N) is 3. The summed E-state index contributed by atoms with van der Waals surface area (Å²) in [7, 11) is 11.6. The number of quaternary nitrogens is 3. The number of unbranched alkanes of at least 4 members (excludes halogenated alkanes) is 27. The Hall–Kier alpha value is -0.200. The van der Waals surface area contributed by atoms with E-state index in [9.17, 15) is 10.2 Å². The third-order valence-electron chi connectivity index (χ3n) is 12.0. The number of hydrogen-bond acceptors (Lipinski definition) is 2. The molecule has 0 saturated heterocycles. The Kier molecular flexibility index (Phi) is 34.0. The standard InChI is InChI=1S/C47H102N3O2/c1-9-12-15-18-21-24-27-30-33-36-39-48(4,5)42-46(51)44-50(8,41-38-35-32-29-26-23-20-17-14-11-3)45-47(52)43-49(6,7)40-37-34-31-28-25-22-19-16-13-10-2/h46-47,51-52H,9-45H2,1-8H3/q+3. The fourth-order valence-electron chi connectivity index (χ4n) is 8.75.